The summed E-state index contributed by atoms with van der Waals surface area (Å²) < 4.78 is 0. The quantitative estimate of drug-likeness (QED) is 0.710. The van der Waals surface area contributed by atoms with E-state index in [2.05, 4.69) is 10.6 Å². The van der Waals surface area contributed by atoms with E-state index in [1.807, 2.05) is 38.1 Å². The van der Waals surface area contributed by atoms with Gasteiger partial charge in [0.2, 0.25) is 5.91 Å². The van der Waals surface area contributed by atoms with Crippen molar-refractivity contribution in [3.8, 4) is 0 Å². The number of hydrogen-bond acceptors (Lipinski definition) is 3. The predicted octanol–water partition coefficient (Wildman–Crippen LogP) is 1.79. The first-order valence-corrected chi connectivity index (χ1v) is 5.52. The molecule has 1 atom stereocenters. The summed E-state index contributed by atoms with van der Waals surface area (Å²) in [7, 11) is 0. The van der Waals surface area contributed by atoms with Crippen molar-refractivity contribution in [3.05, 3.63) is 24.3 Å². The molecule has 1 rings (SSSR count). The second-order valence-corrected chi connectivity index (χ2v) is 3.76. The number of carbonyl (C=O) groups excluding carboxylic acids is 1. The molecule has 1 aromatic carbocycles. The Hall–Kier alpha value is -1.55. The van der Waals surface area contributed by atoms with Crippen molar-refractivity contribution in [2.24, 2.45) is 5.73 Å². The summed E-state index contributed by atoms with van der Waals surface area (Å²) in [6.07, 6.45) is 0.483. The van der Waals surface area contributed by atoms with Crippen LogP contribution in [0.3, 0.4) is 0 Å². The third-order valence-electron chi connectivity index (χ3n) is 2.23. The lowest BCUT2D eigenvalue weighted by molar-refractivity contribution is -0.115. The Bertz CT molecular complexity index is 352. The summed E-state index contributed by atoms with van der Waals surface area (Å²) in [4.78, 5) is 11.2. The summed E-state index contributed by atoms with van der Waals surface area (Å²) >= 11 is 0. The first-order valence-electron chi connectivity index (χ1n) is 5.52. The van der Waals surface area contributed by atoms with Gasteiger partial charge in [0.25, 0.3) is 0 Å². The van der Waals surface area contributed by atoms with Gasteiger partial charge >= 0.3 is 0 Å². The topological polar surface area (TPSA) is 67.2 Å². The minimum Gasteiger partial charge on any atom is -0.381 e. The molecule has 0 heterocycles. The van der Waals surface area contributed by atoms with Crippen molar-refractivity contribution < 1.29 is 4.79 Å². The molecule has 0 radical (unpaired) electrons. The average molecular weight is 221 g/mol. The van der Waals surface area contributed by atoms with Crippen LogP contribution in [0.1, 0.15) is 20.3 Å². The van der Waals surface area contributed by atoms with Crippen LogP contribution < -0.4 is 16.4 Å². The normalized spacial score (nSPS) is 11.9. The molecule has 0 aromatic heterocycles. The Morgan fingerprint density at radius 3 is 2.75 bits per heavy atom. The summed E-state index contributed by atoms with van der Waals surface area (Å²) in [6, 6.07) is 7.84. The lowest BCUT2D eigenvalue weighted by Gasteiger charge is -2.13. The largest absolute Gasteiger partial charge is 0.381 e. The van der Waals surface area contributed by atoms with Gasteiger partial charge < -0.3 is 16.4 Å². The average Bonchev–Trinajstić information content (AvgIpc) is 2.29. The van der Waals surface area contributed by atoms with Crippen molar-refractivity contribution >= 4 is 17.3 Å². The molecule has 0 aliphatic carbocycles. The van der Waals surface area contributed by atoms with Gasteiger partial charge in [-0.15, -0.1) is 0 Å². The van der Waals surface area contributed by atoms with Gasteiger partial charge in [-0.3, -0.25) is 4.79 Å². The number of amides is 1. The zero-order valence-corrected chi connectivity index (χ0v) is 9.79. The molecule has 4 N–H and O–H groups in total. The van der Waals surface area contributed by atoms with Crippen molar-refractivity contribution in [1.82, 2.24) is 0 Å². The Kier molecular flexibility index (Phi) is 4.79. The highest BCUT2D eigenvalue weighted by atomic mass is 16.1. The predicted molar refractivity (Wildman–Crippen MR) is 67.5 cm³/mol. The van der Waals surface area contributed by atoms with E-state index in [0.717, 1.165) is 11.4 Å². The Balaban J connectivity index is 2.67. The lowest BCUT2D eigenvalue weighted by atomic mass is 10.2. The molecule has 1 aromatic rings. The van der Waals surface area contributed by atoms with Crippen molar-refractivity contribution in [1.29, 1.82) is 0 Å². The molecule has 4 nitrogen and oxygen atoms in total. The Morgan fingerprint density at radius 1 is 1.44 bits per heavy atom. The van der Waals surface area contributed by atoms with E-state index >= 15 is 0 Å². The number of nitrogens with one attached hydrogen (secondary N) is 2. The minimum absolute atomic E-state index is 0.0176. The van der Waals surface area contributed by atoms with Crippen molar-refractivity contribution in [3.63, 3.8) is 0 Å². The van der Waals surface area contributed by atoms with E-state index in [9.17, 15) is 4.79 Å². The fourth-order valence-electron chi connectivity index (χ4n) is 1.28. The molecule has 0 saturated carbocycles. The zero-order chi connectivity index (χ0) is 12.0. The second-order valence-electron chi connectivity index (χ2n) is 3.76. The highest BCUT2D eigenvalue weighted by Gasteiger charge is 2.02. The third kappa shape index (κ3) is 3.90. The molecule has 0 aliphatic heterocycles. The molecule has 0 spiro atoms. The number of anilines is 2. The molecular weight excluding hydrogens is 202 g/mol. The first-order chi connectivity index (χ1) is 7.65. The number of rotatable bonds is 5. The SMILES string of the molecule is CCC(=O)Nc1cccc(NC(C)CN)c1. The minimum atomic E-state index is 0.0176. The van der Waals surface area contributed by atoms with E-state index in [1.54, 1.807) is 0 Å². The van der Waals surface area contributed by atoms with Crippen LogP contribution in [-0.2, 0) is 4.79 Å². The summed E-state index contributed by atoms with van der Waals surface area (Å²) in [5.41, 5.74) is 7.30. The van der Waals surface area contributed by atoms with Crippen LogP contribution in [0.2, 0.25) is 0 Å². The highest BCUT2D eigenvalue weighted by Crippen LogP contribution is 2.15. The molecule has 0 fully saturated rings. The number of nitrogens with two attached hydrogens (primary N) is 1. The number of benzene rings is 1. The fourth-order valence-corrected chi connectivity index (χ4v) is 1.28. The monoisotopic (exact) mass is 221 g/mol. The smallest absolute Gasteiger partial charge is 0.224 e. The van der Waals surface area contributed by atoms with E-state index < -0.39 is 0 Å². The molecule has 0 aliphatic rings. The Labute approximate surface area is 96.2 Å². The van der Waals surface area contributed by atoms with Crippen LogP contribution in [0.5, 0.6) is 0 Å². The van der Waals surface area contributed by atoms with Crippen molar-refractivity contribution in [2.75, 3.05) is 17.2 Å². The van der Waals surface area contributed by atoms with Crippen LogP contribution in [0.15, 0.2) is 24.3 Å². The number of hydrogen-bond donors (Lipinski definition) is 3. The van der Waals surface area contributed by atoms with Crippen molar-refractivity contribution in [2.45, 2.75) is 26.3 Å². The van der Waals surface area contributed by atoms with Crippen LogP contribution in [0, 0.1) is 0 Å². The molecule has 4 heteroatoms. The molecule has 0 bridgehead atoms. The Morgan fingerprint density at radius 2 is 2.12 bits per heavy atom. The van der Waals surface area contributed by atoms with Crippen LogP contribution >= 0.6 is 0 Å². The molecule has 88 valence electrons. The molecule has 0 saturated heterocycles. The first kappa shape index (κ1) is 12.5. The van der Waals surface area contributed by atoms with Gasteiger partial charge in [0.15, 0.2) is 0 Å². The van der Waals surface area contributed by atoms with E-state index in [-0.39, 0.29) is 11.9 Å². The van der Waals surface area contributed by atoms with Crippen LogP contribution in [-0.4, -0.2) is 18.5 Å². The van der Waals surface area contributed by atoms with Gasteiger partial charge in [-0.1, -0.05) is 13.0 Å². The van der Waals surface area contributed by atoms with E-state index in [0.29, 0.717) is 13.0 Å². The lowest BCUT2D eigenvalue weighted by Crippen LogP contribution is -2.25. The van der Waals surface area contributed by atoms with Gasteiger partial charge in [0, 0.05) is 30.4 Å². The van der Waals surface area contributed by atoms with Gasteiger partial charge in [-0.2, -0.15) is 0 Å². The standard InChI is InChI=1S/C12H19N3O/c1-3-12(16)15-11-6-4-5-10(7-11)14-9(2)8-13/h4-7,9,14H,3,8,13H2,1-2H3,(H,15,16). The highest BCUT2D eigenvalue weighted by molar-refractivity contribution is 5.90. The van der Waals surface area contributed by atoms with Gasteiger partial charge in [-0.25, -0.2) is 0 Å². The summed E-state index contributed by atoms with van der Waals surface area (Å²) in [5, 5.41) is 6.06. The third-order valence-corrected chi connectivity index (χ3v) is 2.23. The van der Waals surface area contributed by atoms with Gasteiger partial charge in [0.1, 0.15) is 0 Å². The van der Waals surface area contributed by atoms with E-state index in [4.69, 9.17) is 5.73 Å². The number of carbonyl (C=O) groups is 1. The van der Waals surface area contributed by atoms with Gasteiger partial charge in [-0.05, 0) is 25.1 Å². The maximum absolute atomic E-state index is 11.2. The maximum Gasteiger partial charge on any atom is 0.224 e. The summed E-state index contributed by atoms with van der Waals surface area (Å²) in [5.74, 6) is 0.0176. The van der Waals surface area contributed by atoms with Gasteiger partial charge in [0.05, 0.1) is 0 Å². The van der Waals surface area contributed by atoms with E-state index in [1.165, 1.54) is 0 Å². The summed E-state index contributed by atoms with van der Waals surface area (Å²) in [6.45, 7) is 4.41. The molecule has 1 amide bonds. The zero-order valence-electron chi connectivity index (χ0n) is 9.79. The second kappa shape index (κ2) is 6.12. The maximum atomic E-state index is 11.2. The molecule has 1 unspecified atom stereocenters. The van der Waals surface area contributed by atoms with Crippen LogP contribution in [0.4, 0.5) is 11.4 Å². The van der Waals surface area contributed by atoms with Crippen LogP contribution in [0.25, 0.3) is 0 Å². The fraction of sp³-hybridized carbons (Fsp3) is 0.417. The molecule has 16 heavy (non-hydrogen) atoms. The molecular formula is C12H19N3O.